The molecule has 0 saturated carbocycles. The highest BCUT2D eigenvalue weighted by Crippen LogP contribution is 2.37. The number of rotatable bonds is 7. The van der Waals surface area contributed by atoms with E-state index in [-0.39, 0.29) is 22.9 Å². The molecule has 2 aromatic rings. The second kappa shape index (κ2) is 7.81. The molecular weight excluding hydrogens is 324 g/mol. The van der Waals surface area contributed by atoms with Gasteiger partial charge in [0.2, 0.25) is 13.1 Å². The van der Waals surface area contributed by atoms with Gasteiger partial charge in [-0.3, -0.25) is 20.2 Å². The Hall–Kier alpha value is -2.06. The highest BCUT2D eigenvalue weighted by atomic mass is 33.1. The normalized spacial score (nSPS) is 10.4. The molecule has 0 aliphatic rings. The van der Waals surface area contributed by atoms with Crippen molar-refractivity contribution in [3.8, 4) is 0 Å². The molecule has 0 aliphatic heterocycles. The Labute approximate surface area is 134 Å². The molecule has 2 rings (SSSR count). The van der Waals surface area contributed by atoms with Gasteiger partial charge in [0.15, 0.2) is 0 Å². The van der Waals surface area contributed by atoms with Crippen LogP contribution in [0.4, 0.5) is 0 Å². The van der Waals surface area contributed by atoms with Crippen molar-refractivity contribution in [3.05, 3.63) is 79.9 Å². The van der Waals surface area contributed by atoms with Gasteiger partial charge in [0.25, 0.3) is 0 Å². The fourth-order valence-corrected chi connectivity index (χ4v) is 3.63. The number of hydrogen-bond acceptors (Lipinski definition) is 6. The summed E-state index contributed by atoms with van der Waals surface area (Å²) in [6, 6.07) is 14.3. The highest BCUT2D eigenvalue weighted by Gasteiger charge is 2.04. The first kappa shape index (κ1) is 16.3. The number of nitrogens with zero attached hydrogens (tertiary/aromatic N) is 2. The summed E-state index contributed by atoms with van der Waals surface area (Å²) < 4.78 is 0. The van der Waals surface area contributed by atoms with Gasteiger partial charge in [-0.05, 0) is 24.3 Å². The number of nitro groups is 2. The van der Waals surface area contributed by atoms with E-state index in [9.17, 15) is 20.2 Å². The molecule has 2 aromatic carbocycles. The van der Waals surface area contributed by atoms with Crippen molar-refractivity contribution in [3.63, 3.8) is 0 Å². The summed E-state index contributed by atoms with van der Waals surface area (Å²) in [6.45, 7) is -0.341. The van der Waals surface area contributed by atoms with Gasteiger partial charge in [-0.2, -0.15) is 0 Å². The summed E-state index contributed by atoms with van der Waals surface area (Å²) in [5.74, 6) is 0. The van der Waals surface area contributed by atoms with E-state index in [1.165, 1.54) is 21.6 Å². The Bertz CT molecular complexity index is 600. The number of hydrogen-bond donors (Lipinski definition) is 0. The zero-order valence-electron chi connectivity index (χ0n) is 11.4. The largest absolute Gasteiger partial charge is 0.264 e. The predicted molar refractivity (Wildman–Crippen MR) is 86.0 cm³/mol. The van der Waals surface area contributed by atoms with Crippen LogP contribution in [0.25, 0.3) is 0 Å². The lowest BCUT2D eigenvalue weighted by molar-refractivity contribution is -0.496. The van der Waals surface area contributed by atoms with Crippen molar-refractivity contribution >= 4 is 21.6 Å². The molecule has 0 saturated heterocycles. The van der Waals surface area contributed by atoms with Crippen molar-refractivity contribution in [1.29, 1.82) is 0 Å². The van der Waals surface area contributed by atoms with E-state index in [0.717, 1.165) is 9.79 Å². The molecule has 22 heavy (non-hydrogen) atoms. The molecular formula is C14H12N2O4S2. The van der Waals surface area contributed by atoms with Crippen molar-refractivity contribution in [2.45, 2.75) is 22.9 Å². The van der Waals surface area contributed by atoms with Gasteiger partial charge in [0.1, 0.15) is 0 Å². The second-order valence-corrected chi connectivity index (χ2v) is 6.71. The maximum Gasteiger partial charge on any atom is 0.228 e. The van der Waals surface area contributed by atoms with Crippen LogP contribution in [-0.4, -0.2) is 9.85 Å². The molecule has 114 valence electrons. The van der Waals surface area contributed by atoms with Gasteiger partial charge in [-0.15, -0.1) is 0 Å². The van der Waals surface area contributed by atoms with Gasteiger partial charge in [0.05, 0.1) is 0 Å². The molecule has 0 aliphatic carbocycles. The lowest BCUT2D eigenvalue weighted by Crippen LogP contribution is -1.97. The molecule has 8 heteroatoms. The smallest absolute Gasteiger partial charge is 0.228 e. The quantitative estimate of drug-likeness (QED) is 0.431. The predicted octanol–water partition coefficient (Wildman–Crippen LogP) is 4.04. The maximum atomic E-state index is 10.4. The standard InChI is InChI=1S/C14H12N2O4S2/c17-15(18)9-11-1-5-13(6-2-11)21-22-14-7-3-12(4-8-14)10-16(19)20/h1-8H,9-10H2. The van der Waals surface area contributed by atoms with Crippen molar-refractivity contribution in [1.82, 2.24) is 0 Å². The summed E-state index contributed by atoms with van der Waals surface area (Å²) in [5, 5.41) is 20.8. The first-order valence-corrected chi connectivity index (χ1v) is 8.44. The SMILES string of the molecule is O=[N+]([O-])Cc1ccc(SSc2ccc(C[N+](=O)[O-])cc2)cc1. The van der Waals surface area contributed by atoms with Gasteiger partial charge < -0.3 is 0 Å². The molecule has 0 N–H and O–H groups in total. The van der Waals surface area contributed by atoms with Crippen LogP contribution in [0.15, 0.2) is 58.3 Å². The molecule has 0 bridgehead atoms. The van der Waals surface area contributed by atoms with Crippen molar-refractivity contribution < 1.29 is 9.85 Å². The molecule has 0 fully saturated rings. The Kier molecular flexibility index (Phi) is 5.79. The van der Waals surface area contributed by atoms with Crippen LogP contribution in [-0.2, 0) is 13.1 Å². The van der Waals surface area contributed by atoms with Gasteiger partial charge in [-0.1, -0.05) is 45.9 Å². The zero-order valence-corrected chi connectivity index (χ0v) is 13.0. The molecule has 0 spiro atoms. The summed E-state index contributed by atoms with van der Waals surface area (Å²) in [4.78, 5) is 22.1. The van der Waals surface area contributed by atoms with Crippen LogP contribution in [0, 0.1) is 20.2 Å². The Balaban J connectivity index is 1.89. The summed E-state index contributed by atoms with van der Waals surface area (Å²) in [7, 11) is 3.07. The van der Waals surface area contributed by atoms with E-state index in [0.29, 0.717) is 11.1 Å². The molecule has 6 nitrogen and oxygen atoms in total. The van der Waals surface area contributed by atoms with Crippen molar-refractivity contribution in [2.75, 3.05) is 0 Å². The summed E-state index contributed by atoms with van der Waals surface area (Å²) in [6.07, 6.45) is 0. The van der Waals surface area contributed by atoms with Crippen LogP contribution in [0.5, 0.6) is 0 Å². The lowest BCUT2D eigenvalue weighted by atomic mass is 10.2. The molecule has 0 amide bonds. The van der Waals surface area contributed by atoms with E-state index in [1.807, 2.05) is 24.3 Å². The second-order valence-electron chi connectivity index (χ2n) is 4.44. The Morgan fingerprint density at radius 3 is 1.27 bits per heavy atom. The van der Waals surface area contributed by atoms with Crippen LogP contribution in [0.3, 0.4) is 0 Å². The fourth-order valence-electron chi connectivity index (χ4n) is 1.70. The maximum absolute atomic E-state index is 10.4. The van der Waals surface area contributed by atoms with Gasteiger partial charge in [-0.25, -0.2) is 0 Å². The van der Waals surface area contributed by atoms with E-state index < -0.39 is 0 Å². The van der Waals surface area contributed by atoms with E-state index >= 15 is 0 Å². The summed E-state index contributed by atoms with van der Waals surface area (Å²) in [5.41, 5.74) is 1.34. The topological polar surface area (TPSA) is 86.3 Å². The highest BCUT2D eigenvalue weighted by molar-refractivity contribution is 8.76. The monoisotopic (exact) mass is 336 g/mol. The summed E-state index contributed by atoms with van der Waals surface area (Å²) >= 11 is 0. The van der Waals surface area contributed by atoms with E-state index in [2.05, 4.69) is 0 Å². The van der Waals surface area contributed by atoms with E-state index in [1.54, 1.807) is 24.3 Å². The van der Waals surface area contributed by atoms with Crippen LogP contribution < -0.4 is 0 Å². The lowest BCUT2D eigenvalue weighted by Gasteiger charge is -2.03. The Morgan fingerprint density at radius 2 is 1.00 bits per heavy atom. The minimum absolute atomic E-state index is 0.171. The molecule has 0 heterocycles. The molecule has 0 radical (unpaired) electrons. The minimum atomic E-state index is -0.358. The zero-order chi connectivity index (χ0) is 15.9. The molecule has 0 aromatic heterocycles. The fraction of sp³-hybridized carbons (Fsp3) is 0.143. The Morgan fingerprint density at radius 1 is 0.682 bits per heavy atom. The minimum Gasteiger partial charge on any atom is -0.264 e. The molecule has 0 atom stereocenters. The van der Waals surface area contributed by atoms with Gasteiger partial charge in [0, 0.05) is 30.8 Å². The van der Waals surface area contributed by atoms with Crippen LogP contribution in [0.1, 0.15) is 11.1 Å². The van der Waals surface area contributed by atoms with Crippen LogP contribution in [0.2, 0.25) is 0 Å². The first-order chi connectivity index (χ1) is 10.5. The average molecular weight is 336 g/mol. The first-order valence-electron chi connectivity index (χ1n) is 6.29. The third-order valence-electron chi connectivity index (χ3n) is 2.70. The van der Waals surface area contributed by atoms with Crippen molar-refractivity contribution in [2.24, 2.45) is 0 Å². The third-order valence-corrected chi connectivity index (χ3v) is 5.12. The number of benzene rings is 2. The molecule has 0 unspecified atom stereocenters. The van der Waals surface area contributed by atoms with Gasteiger partial charge >= 0.3 is 0 Å². The van der Waals surface area contributed by atoms with E-state index in [4.69, 9.17) is 0 Å². The average Bonchev–Trinajstić information content (AvgIpc) is 2.47. The third kappa shape index (κ3) is 5.38. The van der Waals surface area contributed by atoms with Crippen LogP contribution >= 0.6 is 21.6 Å².